The molecule has 3 nitrogen and oxygen atoms in total. The van der Waals surface area contributed by atoms with Crippen molar-refractivity contribution in [1.82, 2.24) is 9.13 Å². The highest BCUT2D eigenvalue weighted by atomic mass is 79.9. The minimum atomic E-state index is 0.971. The van der Waals surface area contributed by atoms with E-state index in [0.717, 1.165) is 33.5 Å². The minimum Gasteiger partial charge on any atom is -0.310 e. The summed E-state index contributed by atoms with van der Waals surface area (Å²) in [7, 11) is 0. The molecule has 0 radical (unpaired) electrons. The number of anilines is 3. The summed E-state index contributed by atoms with van der Waals surface area (Å²) in [6.45, 7) is 0. The molecule has 0 N–H and O–H groups in total. The van der Waals surface area contributed by atoms with Gasteiger partial charge in [-0.05, 0) is 181 Å². The second-order valence-corrected chi connectivity index (χ2v) is 34.5. The average Bonchev–Trinajstić information content (AvgIpc) is 1.59. The lowest BCUT2D eigenvalue weighted by molar-refractivity contribution is 1.20. The number of thiophene rings is 2. The van der Waals surface area contributed by atoms with Gasteiger partial charge >= 0.3 is 0 Å². The fourth-order valence-electron chi connectivity index (χ4n) is 18.4. The third kappa shape index (κ3) is 14.0. The predicted molar refractivity (Wildman–Crippen MR) is 533 cm³/mol. The van der Waals surface area contributed by atoms with E-state index in [0.29, 0.717) is 0 Å². The van der Waals surface area contributed by atoms with E-state index < -0.39 is 0 Å². The molecule has 0 aliphatic rings. The van der Waals surface area contributed by atoms with Gasteiger partial charge in [-0.1, -0.05) is 386 Å². The number of nitrogens with zero attached hydrogens (tertiary/aromatic N) is 3. The molecule has 0 aliphatic carbocycles. The van der Waals surface area contributed by atoms with E-state index in [-0.39, 0.29) is 0 Å². The maximum absolute atomic E-state index is 3.76. The normalized spacial score (nSPS) is 11.5. The topological polar surface area (TPSA) is 13.1 Å². The summed E-state index contributed by atoms with van der Waals surface area (Å²) >= 11 is 7.51. The van der Waals surface area contributed by atoms with Crippen LogP contribution in [0.3, 0.4) is 0 Å². The monoisotopic (exact) mass is 1670 g/mol. The van der Waals surface area contributed by atoms with Crippen molar-refractivity contribution in [3.63, 3.8) is 0 Å². The Hall–Kier alpha value is -14.8. The molecule has 20 aromatic carbocycles. The molecule has 0 aliphatic heterocycles. The first-order valence-electron chi connectivity index (χ1n) is 41.9. The summed E-state index contributed by atoms with van der Waals surface area (Å²) in [4.78, 5) is 2.44. The second kappa shape index (κ2) is 32.4. The number of halogens is 1. The molecule has 4 aromatic heterocycles. The molecular weight excluding hydrogens is 1590 g/mol. The molecule has 0 unspecified atom stereocenters. The lowest BCUT2D eigenvalue weighted by Crippen LogP contribution is -2.11. The summed E-state index contributed by atoms with van der Waals surface area (Å²) in [6, 6.07) is 167. The Morgan fingerprint density at radius 1 is 0.211 bits per heavy atom. The van der Waals surface area contributed by atoms with Gasteiger partial charge in [-0.25, -0.2) is 0 Å². The van der Waals surface area contributed by atoms with E-state index >= 15 is 0 Å². The molecule has 0 amide bonds. The Labute approximate surface area is 730 Å². The van der Waals surface area contributed by atoms with Crippen molar-refractivity contribution in [2.24, 2.45) is 0 Å². The van der Waals surface area contributed by atoms with Crippen molar-refractivity contribution in [2.75, 3.05) is 4.90 Å². The highest BCUT2D eigenvalue weighted by Crippen LogP contribution is 2.49. The highest BCUT2D eigenvalue weighted by Gasteiger charge is 2.24. The Morgan fingerprint density at radius 2 is 0.569 bits per heavy atom. The maximum atomic E-state index is 3.76. The second-order valence-electron chi connectivity index (χ2n) is 31.4. The lowest BCUT2D eigenvalue weighted by atomic mass is 9.92. The van der Waals surface area contributed by atoms with Gasteiger partial charge in [0.1, 0.15) is 0 Å². The molecule has 24 aromatic rings. The zero-order valence-electron chi connectivity index (χ0n) is 67.1. The van der Waals surface area contributed by atoms with Gasteiger partial charge in [0.15, 0.2) is 0 Å². The van der Waals surface area contributed by atoms with Crippen LogP contribution in [0.2, 0.25) is 0 Å². The Balaban J connectivity index is 0.000000122. The molecule has 4 heterocycles. The molecule has 580 valence electrons. The van der Waals surface area contributed by atoms with Crippen LogP contribution >= 0.6 is 38.6 Å². The molecular formula is C117H78BrN3S2. The van der Waals surface area contributed by atoms with Crippen molar-refractivity contribution < 1.29 is 0 Å². The summed E-state index contributed by atoms with van der Waals surface area (Å²) < 4.78 is 11.3. The summed E-state index contributed by atoms with van der Waals surface area (Å²) in [6.07, 6.45) is 0.971. The number of hydrogen-bond donors (Lipinski definition) is 0. The molecule has 0 bridgehead atoms. The smallest absolute Gasteiger partial charge is 0.0547 e. The summed E-state index contributed by atoms with van der Waals surface area (Å²) in [5.41, 5.74) is 27.8. The van der Waals surface area contributed by atoms with Gasteiger partial charge in [-0.15, -0.1) is 22.7 Å². The number of benzene rings is 20. The van der Waals surface area contributed by atoms with Crippen LogP contribution in [0.15, 0.2) is 466 Å². The third-order valence-corrected chi connectivity index (χ3v) is 27.2. The zero-order chi connectivity index (χ0) is 81.7. The van der Waals surface area contributed by atoms with Gasteiger partial charge < -0.3 is 14.0 Å². The molecule has 0 atom stereocenters. The van der Waals surface area contributed by atoms with Crippen molar-refractivity contribution in [2.45, 2.75) is 6.42 Å². The largest absolute Gasteiger partial charge is 0.310 e. The molecule has 6 heteroatoms. The molecule has 0 fully saturated rings. The van der Waals surface area contributed by atoms with Crippen molar-refractivity contribution in [3.05, 3.63) is 477 Å². The standard InChI is InChI=1S/C58H38N2S.C34H22BrN.C25H18S/c1-2-15-39(16-3-1)40-29-32-43(33-30-40)59(44-34-36-52-51-24-10-13-28-57(51)61-58(52)38-44)54-25-11-8-22-48(54)47-21-7-6-19-45(47)42-31-35-50-49-23-9-12-26-55(49)60(56(50)37-42)53-27-14-18-41-17-4-5-20-46(41)53;35-31-17-7-5-15-28(31)27-14-4-3-12-25(27)24-20-21-30-29-16-6-8-18-33(29)36(34(30)22-24)32-19-9-11-23-10-1-2-13-26(23)32;1-2-6-20(7-3-1)21-13-10-18(11-14-21)16-19-12-15-23-22-8-4-5-9-24(22)26-25(23)17-19/h1-38H;1-22H;1-15,17H,16H2. The minimum absolute atomic E-state index is 0.971. The van der Waals surface area contributed by atoms with Crippen LogP contribution in [0, 0.1) is 0 Å². The van der Waals surface area contributed by atoms with Gasteiger partial charge in [0, 0.05) is 94.1 Å². The van der Waals surface area contributed by atoms with Gasteiger partial charge in [0.25, 0.3) is 0 Å². The van der Waals surface area contributed by atoms with Crippen LogP contribution in [-0.2, 0) is 6.42 Å². The van der Waals surface area contributed by atoms with Crippen LogP contribution in [0.5, 0.6) is 0 Å². The SMILES string of the molecule is Brc1ccccc1-c1ccccc1-c1ccc2c3ccccc3n(-c3cccc4ccccc34)c2c1.c1ccc(-c2ccc(Cc3ccc4c(c3)sc3ccccc34)cc2)cc1.c1ccc(-c2ccc(N(c3ccc4c(c3)sc3ccccc34)c3ccccc3-c3ccccc3-c3ccc4c5ccccc5n(-c5cccc6ccccc56)c4c3)cc2)cc1. The quantitative estimate of drug-likeness (QED) is 0.112. The van der Waals surface area contributed by atoms with Crippen LogP contribution in [-0.4, -0.2) is 9.13 Å². The molecule has 0 saturated heterocycles. The van der Waals surface area contributed by atoms with E-state index in [2.05, 4.69) is 491 Å². The zero-order valence-corrected chi connectivity index (χ0v) is 70.3. The van der Waals surface area contributed by atoms with Gasteiger partial charge in [0.2, 0.25) is 0 Å². The first-order valence-corrected chi connectivity index (χ1v) is 44.3. The predicted octanol–water partition coefficient (Wildman–Crippen LogP) is 34.1. The van der Waals surface area contributed by atoms with Crippen LogP contribution in [0.4, 0.5) is 17.1 Å². The Kier molecular flexibility index (Phi) is 19.6. The lowest BCUT2D eigenvalue weighted by Gasteiger charge is -2.28. The van der Waals surface area contributed by atoms with E-state index in [1.54, 1.807) is 0 Å². The fraction of sp³-hybridized carbons (Fsp3) is 0.00855. The average molecular weight is 1670 g/mol. The van der Waals surface area contributed by atoms with E-state index in [4.69, 9.17) is 0 Å². The summed E-state index contributed by atoms with van der Waals surface area (Å²) in [5, 5.41) is 15.3. The maximum Gasteiger partial charge on any atom is 0.0547 e. The van der Waals surface area contributed by atoms with Crippen molar-refractivity contribution in [1.29, 1.82) is 0 Å². The van der Waals surface area contributed by atoms with Crippen molar-refractivity contribution in [3.8, 4) is 78.1 Å². The third-order valence-electron chi connectivity index (χ3n) is 24.2. The molecule has 0 spiro atoms. The summed E-state index contributed by atoms with van der Waals surface area (Å²) in [5.74, 6) is 0. The highest BCUT2D eigenvalue weighted by molar-refractivity contribution is 9.10. The number of hydrogen-bond acceptors (Lipinski definition) is 3. The van der Waals surface area contributed by atoms with Gasteiger partial charge in [-0.3, -0.25) is 0 Å². The molecule has 123 heavy (non-hydrogen) atoms. The van der Waals surface area contributed by atoms with E-state index in [1.165, 1.54) is 189 Å². The van der Waals surface area contributed by atoms with Crippen LogP contribution < -0.4 is 4.90 Å². The van der Waals surface area contributed by atoms with Crippen LogP contribution in [0.25, 0.3) is 184 Å². The van der Waals surface area contributed by atoms with E-state index in [1.807, 2.05) is 22.7 Å². The fourth-order valence-corrected chi connectivity index (χ4v) is 21.2. The van der Waals surface area contributed by atoms with Crippen LogP contribution in [0.1, 0.15) is 11.1 Å². The first kappa shape index (κ1) is 74.5. The molecule has 24 rings (SSSR count). The first-order chi connectivity index (χ1) is 60.9. The van der Waals surface area contributed by atoms with Gasteiger partial charge in [0.05, 0.1) is 39.1 Å². The number of rotatable bonds is 13. The number of para-hydroxylation sites is 3. The number of fused-ring (bicyclic) bond motifs is 14. The Morgan fingerprint density at radius 3 is 1.11 bits per heavy atom. The van der Waals surface area contributed by atoms with Gasteiger partial charge in [-0.2, -0.15) is 0 Å². The Bertz CT molecular complexity index is 8100. The van der Waals surface area contributed by atoms with E-state index in [9.17, 15) is 0 Å². The number of aromatic nitrogens is 2. The van der Waals surface area contributed by atoms with Crippen molar-refractivity contribution >= 4 is 161 Å². The molecule has 0 saturated carbocycles.